The van der Waals surface area contributed by atoms with E-state index in [-0.39, 0.29) is 17.7 Å². The van der Waals surface area contributed by atoms with E-state index in [1.54, 1.807) is 6.92 Å². The minimum absolute atomic E-state index is 0.0878. The first kappa shape index (κ1) is 16.4. The van der Waals surface area contributed by atoms with Crippen molar-refractivity contribution in [3.8, 4) is 0 Å². The summed E-state index contributed by atoms with van der Waals surface area (Å²) in [5.74, 6) is 0.209. The third kappa shape index (κ3) is 3.70. The van der Waals surface area contributed by atoms with Gasteiger partial charge in [0, 0.05) is 30.7 Å². The molecule has 3 rings (SSSR count). The average Bonchev–Trinajstić information content (AvgIpc) is 2.62. The third-order valence-corrected chi connectivity index (χ3v) is 4.60. The molecule has 1 aliphatic rings. The molecule has 4 nitrogen and oxygen atoms in total. The summed E-state index contributed by atoms with van der Waals surface area (Å²) in [6, 6.07) is 13.5. The molecule has 1 aliphatic heterocycles. The summed E-state index contributed by atoms with van der Waals surface area (Å²) in [6.45, 7) is 2.76. The van der Waals surface area contributed by atoms with Crippen molar-refractivity contribution < 1.29 is 14.2 Å². The van der Waals surface area contributed by atoms with Gasteiger partial charge in [0.25, 0.3) is 0 Å². The molecule has 0 spiro atoms. The molecule has 0 saturated carbocycles. The van der Waals surface area contributed by atoms with Crippen molar-refractivity contribution in [3.05, 3.63) is 66.0 Å². The number of Topliss-reactive ketones (excluding diaryl/α,β-unsaturated/α-hetero) is 1. The van der Waals surface area contributed by atoms with E-state index in [4.69, 9.17) is 0 Å². The molecular weight excluding hydrogens is 300 g/mol. The van der Waals surface area contributed by atoms with Gasteiger partial charge in [0.05, 0.1) is 6.04 Å². The van der Waals surface area contributed by atoms with Crippen LogP contribution in [-0.4, -0.2) is 23.1 Å². The lowest BCUT2D eigenvalue weighted by Gasteiger charge is -2.34. The van der Waals surface area contributed by atoms with Crippen LogP contribution in [-0.2, 0) is 11.3 Å². The molecule has 1 aromatic carbocycles. The van der Waals surface area contributed by atoms with Gasteiger partial charge in [0.2, 0.25) is 18.2 Å². The number of hydrogen-bond donors (Lipinski definition) is 0. The lowest BCUT2D eigenvalue weighted by Crippen LogP contribution is -2.41. The number of carbonyl (C=O) groups is 2. The molecule has 1 unspecified atom stereocenters. The van der Waals surface area contributed by atoms with Gasteiger partial charge in [-0.05, 0) is 25.3 Å². The minimum atomic E-state index is 0.0878. The van der Waals surface area contributed by atoms with Gasteiger partial charge in [0.15, 0.2) is 12.4 Å². The summed E-state index contributed by atoms with van der Waals surface area (Å²) in [5.41, 5.74) is 1.83. The van der Waals surface area contributed by atoms with Crippen LogP contribution in [0.5, 0.6) is 0 Å². The number of amides is 1. The molecule has 24 heavy (non-hydrogen) atoms. The largest absolute Gasteiger partial charge is 0.336 e. The quantitative estimate of drug-likeness (QED) is 0.641. The molecule has 0 radical (unpaired) electrons. The van der Waals surface area contributed by atoms with Crippen LogP contribution in [0.3, 0.4) is 0 Å². The van der Waals surface area contributed by atoms with Gasteiger partial charge in [-0.15, -0.1) is 0 Å². The summed E-state index contributed by atoms with van der Waals surface area (Å²) >= 11 is 0. The van der Waals surface area contributed by atoms with E-state index in [2.05, 4.69) is 6.07 Å². The highest BCUT2D eigenvalue weighted by Crippen LogP contribution is 2.30. The van der Waals surface area contributed by atoms with Crippen molar-refractivity contribution >= 4 is 11.7 Å². The second-order valence-corrected chi connectivity index (χ2v) is 6.32. The normalized spacial score (nSPS) is 17.5. The fourth-order valence-electron chi connectivity index (χ4n) is 3.37. The lowest BCUT2D eigenvalue weighted by atomic mass is 9.96. The molecule has 2 aromatic rings. The Hall–Kier alpha value is -2.49. The van der Waals surface area contributed by atoms with Gasteiger partial charge in [-0.2, -0.15) is 4.57 Å². The van der Waals surface area contributed by atoms with Crippen LogP contribution in [0.4, 0.5) is 0 Å². The maximum Gasteiger partial charge on any atom is 0.227 e. The molecule has 0 N–H and O–H groups in total. The maximum absolute atomic E-state index is 12.4. The number of nitrogens with zero attached hydrogens (tertiary/aromatic N) is 2. The topological polar surface area (TPSA) is 41.3 Å². The van der Waals surface area contributed by atoms with E-state index in [0.717, 1.165) is 36.9 Å². The van der Waals surface area contributed by atoms with Gasteiger partial charge < -0.3 is 4.90 Å². The predicted octanol–water partition coefficient (Wildman–Crippen LogP) is 2.93. The number of carbonyl (C=O) groups excluding carboxylic acids is 2. The highest BCUT2D eigenvalue weighted by molar-refractivity contribution is 5.94. The van der Waals surface area contributed by atoms with Gasteiger partial charge in [0.1, 0.15) is 0 Å². The highest BCUT2D eigenvalue weighted by atomic mass is 16.2. The molecule has 1 aromatic heterocycles. The molecule has 124 valence electrons. The number of benzene rings is 1. The number of aromatic nitrogens is 1. The van der Waals surface area contributed by atoms with E-state index in [1.807, 2.05) is 58.3 Å². The fourth-order valence-corrected chi connectivity index (χ4v) is 3.37. The van der Waals surface area contributed by atoms with Crippen molar-refractivity contribution in [1.29, 1.82) is 0 Å². The van der Waals surface area contributed by atoms with Crippen LogP contribution in [0.25, 0.3) is 0 Å². The first-order chi connectivity index (χ1) is 11.6. The van der Waals surface area contributed by atoms with Crippen molar-refractivity contribution in [2.75, 3.05) is 6.54 Å². The molecular formula is C20H23N2O2+. The van der Waals surface area contributed by atoms with Crippen molar-refractivity contribution in [1.82, 2.24) is 4.90 Å². The predicted molar refractivity (Wildman–Crippen MR) is 91.4 cm³/mol. The Kier molecular flexibility index (Phi) is 5.04. The number of piperidine rings is 1. The van der Waals surface area contributed by atoms with Crippen LogP contribution >= 0.6 is 0 Å². The number of hydrogen-bond acceptors (Lipinski definition) is 2. The maximum atomic E-state index is 12.4. The summed E-state index contributed by atoms with van der Waals surface area (Å²) in [6.07, 6.45) is 7.09. The molecule has 0 bridgehead atoms. The van der Waals surface area contributed by atoms with E-state index in [1.165, 1.54) is 0 Å². The zero-order valence-corrected chi connectivity index (χ0v) is 14.0. The van der Waals surface area contributed by atoms with E-state index in [9.17, 15) is 9.59 Å². The van der Waals surface area contributed by atoms with Gasteiger partial charge in [-0.25, -0.2) is 0 Å². The monoisotopic (exact) mass is 323 g/mol. The Labute approximate surface area is 142 Å². The Morgan fingerprint density at radius 3 is 2.67 bits per heavy atom. The van der Waals surface area contributed by atoms with Gasteiger partial charge in [-0.1, -0.05) is 30.3 Å². The molecule has 0 aliphatic carbocycles. The Balaban J connectivity index is 1.79. The SMILES string of the molecule is CC(=O)N1CCCCC1c1ccc[n+](CC(=O)c2ccccc2)c1. The van der Waals surface area contributed by atoms with Crippen molar-refractivity contribution in [2.24, 2.45) is 0 Å². The minimum Gasteiger partial charge on any atom is -0.336 e. The van der Waals surface area contributed by atoms with Crippen LogP contribution in [0, 0.1) is 0 Å². The Morgan fingerprint density at radius 1 is 1.12 bits per heavy atom. The average molecular weight is 323 g/mol. The van der Waals surface area contributed by atoms with E-state index in [0.29, 0.717) is 6.54 Å². The Bertz CT molecular complexity index is 727. The molecule has 2 heterocycles. The Morgan fingerprint density at radius 2 is 1.92 bits per heavy atom. The number of ketones is 1. The summed E-state index contributed by atoms with van der Waals surface area (Å²) in [7, 11) is 0. The second kappa shape index (κ2) is 7.39. The zero-order valence-electron chi connectivity index (χ0n) is 14.0. The van der Waals surface area contributed by atoms with Crippen LogP contribution < -0.4 is 4.57 Å². The molecule has 4 heteroatoms. The first-order valence-electron chi connectivity index (χ1n) is 8.49. The zero-order chi connectivity index (χ0) is 16.9. The van der Waals surface area contributed by atoms with Crippen LogP contribution in [0.1, 0.15) is 48.1 Å². The number of rotatable bonds is 4. The van der Waals surface area contributed by atoms with Gasteiger partial charge >= 0.3 is 0 Å². The van der Waals surface area contributed by atoms with Crippen LogP contribution in [0.2, 0.25) is 0 Å². The molecule has 1 saturated heterocycles. The molecule has 1 fully saturated rings. The summed E-state index contributed by atoms with van der Waals surface area (Å²) in [5, 5.41) is 0. The highest BCUT2D eigenvalue weighted by Gasteiger charge is 2.27. The molecule has 1 atom stereocenters. The summed E-state index contributed by atoms with van der Waals surface area (Å²) < 4.78 is 1.91. The van der Waals surface area contributed by atoms with E-state index >= 15 is 0 Å². The van der Waals surface area contributed by atoms with Crippen LogP contribution in [0.15, 0.2) is 54.9 Å². The number of likely N-dealkylation sites (tertiary alicyclic amines) is 1. The summed E-state index contributed by atoms with van der Waals surface area (Å²) in [4.78, 5) is 26.2. The standard InChI is InChI=1S/C20H23N2O2/c1-16(23)22-13-6-5-11-19(22)18-10-7-12-21(14-18)15-20(24)17-8-3-2-4-9-17/h2-4,7-10,12,14,19H,5-6,11,13,15H2,1H3/q+1. The number of pyridine rings is 1. The molecule has 1 amide bonds. The van der Waals surface area contributed by atoms with Crippen molar-refractivity contribution in [2.45, 2.75) is 38.8 Å². The first-order valence-corrected chi connectivity index (χ1v) is 8.49. The van der Waals surface area contributed by atoms with E-state index < -0.39 is 0 Å². The lowest BCUT2D eigenvalue weighted by molar-refractivity contribution is -0.683. The third-order valence-electron chi connectivity index (χ3n) is 4.60. The fraction of sp³-hybridized carbons (Fsp3) is 0.350. The van der Waals surface area contributed by atoms with Crippen molar-refractivity contribution in [3.63, 3.8) is 0 Å². The van der Waals surface area contributed by atoms with Gasteiger partial charge in [-0.3, -0.25) is 9.59 Å². The second-order valence-electron chi connectivity index (χ2n) is 6.32. The smallest absolute Gasteiger partial charge is 0.227 e.